The van der Waals surface area contributed by atoms with E-state index in [0.29, 0.717) is 24.6 Å². The van der Waals surface area contributed by atoms with E-state index in [-0.39, 0.29) is 17.8 Å². The van der Waals surface area contributed by atoms with Crippen LogP contribution in [0.4, 0.5) is 25.0 Å². The van der Waals surface area contributed by atoms with Crippen LogP contribution < -0.4 is 14.8 Å². The molecule has 3 aromatic rings. The van der Waals surface area contributed by atoms with Gasteiger partial charge in [-0.05, 0) is 66.8 Å². The van der Waals surface area contributed by atoms with E-state index in [1.54, 1.807) is 29.2 Å². The summed E-state index contributed by atoms with van der Waals surface area (Å²) in [6.45, 7) is 5.50. The van der Waals surface area contributed by atoms with Gasteiger partial charge in [-0.25, -0.2) is 22.0 Å². The molecular weight excluding hydrogens is 562 g/mol. The number of benzene rings is 3. The van der Waals surface area contributed by atoms with E-state index in [0.717, 1.165) is 69.3 Å². The third-order valence-corrected chi connectivity index (χ3v) is 7.78. The van der Waals surface area contributed by atoms with Gasteiger partial charge < -0.3 is 15.0 Å². The quantitative estimate of drug-likeness (QED) is 0.258. The number of nitrogens with one attached hydrogen (secondary N) is 2. The van der Waals surface area contributed by atoms with E-state index in [9.17, 15) is 22.0 Å². The Balaban J connectivity index is 1.25. The molecule has 226 valence electrons. The van der Waals surface area contributed by atoms with E-state index < -0.39 is 21.7 Å². The first-order valence-corrected chi connectivity index (χ1v) is 16.0. The summed E-state index contributed by atoms with van der Waals surface area (Å²) in [5, 5.41) is 2.63. The molecule has 0 radical (unpaired) electrons. The highest BCUT2D eigenvalue weighted by Crippen LogP contribution is 2.23. The maximum atomic E-state index is 14.1. The Morgan fingerprint density at radius 3 is 2.29 bits per heavy atom. The summed E-state index contributed by atoms with van der Waals surface area (Å²) in [6, 6.07) is 17.8. The fourth-order valence-corrected chi connectivity index (χ4v) is 5.51. The lowest BCUT2D eigenvalue weighted by molar-refractivity contribution is 0.122. The Labute approximate surface area is 246 Å². The molecule has 0 spiro atoms. The van der Waals surface area contributed by atoms with Crippen LogP contribution in [0.2, 0.25) is 0 Å². The van der Waals surface area contributed by atoms with Gasteiger partial charge in [0.05, 0.1) is 11.9 Å². The van der Waals surface area contributed by atoms with Gasteiger partial charge in [-0.15, -0.1) is 0 Å². The van der Waals surface area contributed by atoms with Gasteiger partial charge in [0.25, 0.3) is 0 Å². The molecule has 1 fully saturated rings. The van der Waals surface area contributed by atoms with Crippen molar-refractivity contribution in [3.8, 4) is 5.75 Å². The smallest absolute Gasteiger partial charge is 0.322 e. The molecule has 11 heteroatoms. The van der Waals surface area contributed by atoms with Gasteiger partial charge in [0.2, 0.25) is 10.0 Å². The van der Waals surface area contributed by atoms with E-state index in [4.69, 9.17) is 4.74 Å². The number of amides is 2. The highest BCUT2D eigenvalue weighted by atomic mass is 32.2. The maximum absolute atomic E-state index is 14.1. The van der Waals surface area contributed by atoms with Crippen LogP contribution in [0.25, 0.3) is 0 Å². The Kier molecular flexibility index (Phi) is 10.8. The maximum Gasteiger partial charge on any atom is 0.322 e. The lowest BCUT2D eigenvalue weighted by atomic mass is 10.0. The Hall–Kier alpha value is -3.70. The summed E-state index contributed by atoms with van der Waals surface area (Å²) < 4.78 is 58.3. The number of nitrogens with zero attached hydrogens (tertiary/aromatic N) is 2. The minimum atomic E-state index is -3.32. The van der Waals surface area contributed by atoms with Gasteiger partial charge in [-0.1, -0.05) is 37.6 Å². The molecule has 42 heavy (non-hydrogen) atoms. The number of carbonyl (C=O) groups is 1. The Morgan fingerprint density at radius 2 is 1.67 bits per heavy atom. The fraction of sp³-hybridized carbons (Fsp3) is 0.387. The number of halogens is 2. The molecule has 8 nitrogen and oxygen atoms in total. The summed E-state index contributed by atoms with van der Waals surface area (Å²) in [6.07, 6.45) is 4.51. The zero-order valence-corrected chi connectivity index (χ0v) is 24.8. The molecule has 1 aliphatic heterocycles. The zero-order chi connectivity index (χ0) is 30.1. The number of rotatable bonds is 12. The van der Waals surface area contributed by atoms with Crippen LogP contribution in [-0.2, 0) is 23.2 Å². The molecule has 4 rings (SSSR count). The molecule has 0 aliphatic carbocycles. The van der Waals surface area contributed by atoms with Crippen molar-refractivity contribution in [3.05, 3.63) is 89.5 Å². The van der Waals surface area contributed by atoms with Gasteiger partial charge in [0, 0.05) is 44.0 Å². The van der Waals surface area contributed by atoms with Crippen molar-refractivity contribution in [1.29, 1.82) is 0 Å². The average Bonchev–Trinajstić information content (AvgIpc) is 2.95. The molecule has 2 amide bonds. The minimum Gasteiger partial charge on any atom is -0.489 e. The first-order valence-electron chi connectivity index (χ1n) is 14.1. The molecule has 1 aliphatic rings. The monoisotopic (exact) mass is 600 g/mol. The first kappa shape index (κ1) is 31.2. The highest BCUT2D eigenvalue weighted by Gasteiger charge is 2.28. The second kappa shape index (κ2) is 14.5. The highest BCUT2D eigenvalue weighted by molar-refractivity contribution is 7.92. The largest absolute Gasteiger partial charge is 0.489 e. The van der Waals surface area contributed by atoms with Gasteiger partial charge in [-0.2, -0.15) is 0 Å². The minimum absolute atomic E-state index is 0.0195. The fourth-order valence-electron chi connectivity index (χ4n) is 4.94. The van der Waals surface area contributed by atoms with Crippen molar-refractivity contribution in [2.24, 2.45) is 0 Å². The van der Waals surface area contributed by atoms with E-state index in [1.165, 1.54) is 11.6 Å². The topological polar surface area (TPSA) is 91.0 Å². The second-order valence-electron chi connectivity index (χ2n) is 10.6. The Bertz CT molecular complexity index is 1430. The number of piperidine rings is 1. The molecule has 2 N–H and O–H groups in total. The van der Waals surface area contributed by atoms with Crippen LogP contribution in [0.1, 0.15) is 43.7 Å². The summed E-state index contributed by atoms with van der Waals surface area (Å²) >= 11 is 0. The number of sulfonamides is 1. The number of hydrogen-bond donors (Lipinski definition) is 2. The third-order valence-electron chi connectivity index (χ3n) is 7.18. The van der Waals surface area contributed by atoms with Crippen molar-refractivity contribution in [3.63, 3.8) is 0 Å². The van der Waals surface area contributed by atoms with E-state index in [1.807, 2.05) is 12.1 Å². The summed E-state index contributed by atoms with van der Waals surface area (Å²) in [4.78, 5) is 17.2. The van der Waals surface area contributed by atoms with Crippen molar-refractivity contribution >= 4 is 27.4 Å². The van der Waals surface area contributed by atoms with Crippen molar-refractivity contribution in [1.82, 2.24) is 9.80 Å². The second-order valence-corrected chi connectivity index (χ2v) is 12.4. The van der Waals surface area contributed by atoms with Gasteiger partial charge >= 0.3 is 6.03 Å². The molecule has 0 aromatic heterocycles. The lowest BCUT2D eigenvalue weighted by Gasteiger charge is -2.38. The van der Waals surface area contributed by atoms with Crippen LogP contribution in [0.5, 0.6) is 5.75 Å². The number of anilines is 2. The number of ether oxygens (including phenoxy) is 1. The molecule has 0 unspecified atom stereocenters. The molecule has 3 aromatic carbocycles. The summed E-state index contributed by atoms with van der Waals surface area (Å²) in [7, 11) is -3.32. The standard InChI is InChI=1S/C31H38F2N4O4S/c1-3-4-17-37(31(38)34-30-14-9-25(32)20-29(30)33)27-15-18-36(19-16-27)21-23-5-7-24(8-6-23)22-41-28-12-10-26(11-13-28)35-42(2,39)40/h5-14,20,27,35H,3-4,15-19,21-22H2,1-2H3,(H,34,38). The van der Waals surface area contributed by atoms with Crippen molar-refractivity contribution in [2.75, 3.05) is 35.9 Å². The van der Waals surface area contributed by atoms with E-state index >= 15 is 0 Å². The summed E-state index contributed by atoms with van der Waals surface area (Å²) in [5.74, 6) is -0.827. The average molecular weight is 601 g/mol. The molecular formula is C31H38F2N4O4S. The predicted octanol–water partition coefficient (Wildman–Crippen LogP) is 6.21. The molecule has 0 atom stereocenters. The van der Waals surface area contributed by atoms with Crippen molar-refractivity contribution < 1.29 is 26.7 Å². The molecule has 1 heterocycles. The number of unbranched alkanes of at least 4 members (excludes halogenated alkanes) is 1. The number of urea groups is 1. The van der Waals surface area contributed by atoms with Crippen LogP contribution in [0, 0.1) is 11.6 Å². The van der Waals surface area contributed by atoms with Gasteiger partial charge in [0.15, 0.2) is 0 Å². The SMILES string of the molecule is CCCCN(C(=O)Nc1ccc(F)cc1F)C1CCN(Cc2ccc(COc3ccc(NS(C)(=O)=O)cc3)cc2)CC1. The Morgan fingerprint density at radius 1 is 1.00 bits per heavy atom. The van der Waals surface area contributed by atoms with Crippen molar-refractivity contribution in [2.45, 2.75) is 51.8 Å². The van der Waals surface area contributed by atoms with Crippen LogP contribution >= 0.6 is 0 Å². The summed E-state index contributed by atoms with van der Waals surface area (Å²) in [5.41, 5.74) is 2.66. The molecule has 0 saturated carbocycles. The zero-order valence-electron chi connectivity index (χ0n) is 24.0. The van der Waals surface area contributed by atoms with Gasteiger partial charge in [-0.3, -0.25) is 9.62 Å². The normalized spacial score (nSPS) is 14.4. The third kappa shape index (κ3) is 9.42. The lowest BCUT2D eigenvalue weighted by Crippen LogP contribution is -2.49. The predicted molar refractivity (Wildman–Crippen MR) is 161 cm³/mol. The van der Waals surface area contributed by atoms with Crippen LogP contribution in [-0.4, -0.2) is 56.2 Å². The number of likely N-dealkylation sites (tertiary alicyclic amines) is 1. The van der Waals surface area contributed by atoms with E-state index in [2.05, 4.69) is 34.0 Å². The number of hydrogen-bond acceptors (Lipinski definition) is 5. The molecule has 0 bridgehead atoms. The van der Waals surface area contributed by atoms with Crippen LogP contribution in [0.3, 0.4) is 0 Å². The van der Waals surface area contributed by atoms with Gasteiger partial charge in [0.1, 0.15) is 24.0 Å². The van der Waals surface area contributed by atoms with Crippen LogP contribution in [0.15, 0.2) is 66.7 Å². The first-order chi connectivity index (χ1) is 20.1. The molecule has 1 saturated heterocycles. The number of carbonyl (C=O) groups excluding carboxylic acids is 1.